The van der Waals surface area contributed by atoms with E-state index in [0.717, 1.165) is 6.07 Å². The predicted octanol–water partition coefficient (Wildman–Crippen LogP) is 3.40. The molecular weight excluding hydrogens is 250 g/mol. The Labute approximate surface area is 109 Å². The Morgan fingerprint density at radius 2 is 1.79 bits per heavy atom. The normalized spacial score (nSPS) is 10.3. The number of Topliss-reactive ketones (excluding diaryl/α,β-unsaturated/α-hetero) is 1. The van der Waals surface area contributed by atoms with Gasteiger partial charge < -0.3 is 4.74 Å². The number of halogens is 2. The Bertz CT molecular complexity index is 592. The Morgan fingerprint density at radius 3 is 2.42 bits per heavy atom. The summed E-state index contributed by atoms with van der Waals surface area (Å²) in [5.74, 6) is -1.55. The van der Waals surface area contributed by atoms with Gasteiger partial charge in [0, 0.05) is 12.0 Å². The van der Waals surface area contributed by atoms with Crippen LogP contribution < -0.4 is 4.74 Å². The molecule has 2 nitrogen and oxygen atoms in total. The van der Waals surface area contributed by atoms with Gasteiger partial charge in [-0.2, -0.15) is 0 Å². The molecule has 98 valence electrons. The molecule has 0 bridgehead atoms. The Balaban J connectivity index is 2.18. The molecule has 0 aliphatic rings. The lowest BCUT2D eigenvalue weighted by atomic mass is 10.0. The molecule has 2 rings (SSSR count). The fourth-order valence-corrected chi connectivity index (χ4v) is 1.74. The molecule has 0 saturated carbocycles. The summed E-state index contributed by atoms with van der Waals surface area (Å²) in [6, 6.07) is 10.3. The minimum atomic E-state index is -0.968. The summed E-state index contributed by atoms with van der Waals surface area (Å²) in [5, 5.41) is 0. The number of carbonyl (C=O) groups excluding carboxylic acids is 1. The van der Waals surface area contributed by atoms with Crippen molar-refractivity contribution >= 4 is 5.78 Å². The number of ketones is 1. The first kappa shape index (κ1) is 13.2. The summed E-state index contributed by atoms with van der Waals surface area (Å²) < 4.78 is 31.5. The number of ether oxygens (including phenoxy) is 1. The Hall–Kier alpha value is -2.23. The van der Waals surface area contributed by atoms with Crippen molar-refractivity contribution in [3.63, 3.8) is 0 Å². The van der Waals surface area contributed by atoms with Gasteiger partial charge in [-0.1, -0.05) is 12.1 Å². The van der Waals surface area contributed by atoms with Crippen LogP contribution in [0.2, 0.25) is 0 Å². The molecule has 0 radical (unpaired) electrons. The predicted molar refractivity (Wildman–Crippen MR) is 67.4 cm³/mol. The highest BCUT2D eigenvalue weighted by Crippen LogP contribution is 2.16. The van der Waals surface area contributed by atoms with E-state index in [9.17, 15) is 13.6 Å². The summed E-state index contributed by atoms with van der Waals surface area (Å²) in [7, 11) is 1.53. The summed E-state index contributed by atoms with van der Waals surface area (Å²) in [4.78, 5) is 11.9. The molecule has 0 saturated heterocycles. The molecule has 4 heteroatoms. The van der Waals surface area contributed by atoms with E-state index < -0.39 is 11.6 Å². The highest BCUT2D eigenvalue weighted by Gasteiger charge is 2.13. The summed E-state index contributed by atoms with van der Waals surface area (Å²) in [6.07, 6.45) is -0.171. The molecule has 2 aromatic rings. The zero-order valence-electron chi connectivity index (χ0n) is 10.3. The third-order valence-corrected chi connectivity index (χ3v) is 2.79. The molecule has 19 heavy (non-hydrogen) atoms. The molecular formula is C15H12F2O2. The Kier molecular flexibility index (Phi) is 3.90. The van der Waals surface area contributed by atoms with E-state index in [1.165, 1.54) is 19.2 Å². The van der Waals surface area contributed by atoms with Crippen molar-refractivity contribution in [3.05, 3.63) is 65.2 Å². The first-order valence-electron chi connectivity index (χ1n) is 5.72. The lowest BCUT2D eigenvalue weighted by Gasteiger charge is -2.05. The molecule has 0 atom stereocenters. The zero-order valence-corrected chi connectivity index (χ0v) is 10.3. The average Bonchev–Trinajstić information content (AvgIpc) is 2.44. The van der Waals surface area contributed by atoms with Crippen molar-refractivity contribution < 1.29 is 18.3 Å². The molecule has 0 heterocycles. The Morgan fingerprint density at radius 1 is 1.11 bits per heavy atom. The van der Waals surface area contributed by atoms with Gasteiger partial charge in [-0.15, -0.1) is 0 Å². The van der Waals surface area contributed by atoms with Crippen molar-refractivity contribution in [1.29, 1.82) is 0 Å². The van der Waals surface area contributed by atoms with Crippen LogP contribution in [0.5, 0.6) is 5.75 Å². The second-order valence-corrected chi connectivity index (χ2v) is 4.04. The van der Waals surface area contributed by atoms with E-state index >= 15 is 0 Å². The van der Waals surface area contributed by atoms with Gasteiger partial charge in [-0.25, -0.2) is 8.78 Å². The van der Waals surface area contributed by atoms with E-state index in [1.807, 2.05) is 0 Å². The molecule has 0 amide bonds. The van der Waals surface area contributed by atoms with Crippen LogP contribution in [0.15, 0.2) is 42.5 Å². The topological polar surface area (TPSA) is 26.3 Å². The second-order valence-electron chi connectivity index (χ2n) is 4.04. The van der Waals surface area contributed by atoms with E-state index in [0.29, 0.717) is 11.3 Å². The van der Waals surface area contributed by atoms with Gasteiger partial charge >= 0.3 is 0 Å². The molecule has 0 aliphatic carbocycles. The number of rotatable bonds is 4. The van der Waals surface area contributed by atoms with Gasteiger partial charge in [0.15, 0.2) is 17.4 Å². The SMILES string of the molecule is COc1ccc(C(=O)Cc2cccc(F)c2F)cc1. The van der Waals surface area contributed by atoms with Crippen LogP contribution in [-0.2, 0) is 6.42 Å². The maximum atomic E-state index is 13.4. The average molecular weight is 262 g/mol. The van der Waals surface area contributed by atoms with Crippen LogP contribution in [0.1, 0.15) is 15.9 Å². The van der Waals surface area contributed by atoms with Crippen molar-refractivity contribution in [2.24, 2.45) is 0 Å². The third-order valence-electron chi connectivity index (χ3n) is 2.79. The number of hydrogen-bond donors (Lipinski definition) is 0. The quantitative estimate of drug-likeness (QED) is 0.789. The van der Waals surface area contributed by atoms with Crippen molar-refractivity contribution in [3.8, 4) is 5.75 Å². The standard InChI is InChI=1S/C15H12F2O2/c1-19-12-7-5-10(6-8-12)14(18)9-11-3-2-4-13(16)15(11)17/h2-8H,9H2,1H3. The molecule has 0 spiro atoms. The highest BCUT2D eigenvalue weighted by atomic mass is 19.2. The van der Waals surface area contributed by atoms with E-state index in [1.54, 1.807) is 24.3 Å². The number of methoxy groups -OCH3 is 1. The first-order valence-corrected chi connectivity index (χ1v) is 5.72. The van der Waals surface area contributed by atoms with Gasteiger partial charge in [0.1, 0.15) is 5.75 Å². The molecule has 0 aromatic heterocycles. The van der Waals surface area contributed by atoms with Crippen LogP contribution in [0, 0.1) is 11.6 Å². The van der Waals surface area contributed by atoms with Crippen molar-refractivity contribution in [2.45, 2.75) is 6.42 Å². The molecule has 0 aliphatic heterocycles. The lowest BCUT2D eigenvalue weighted by molar-refractivity contribution is 0.0991. The minimum Gasteiger partial charge on any atom is -0.497 e. The summed E-state index contributed by atoms with van der Waals surface area (Å²) in [5.41, 5.74) is 0.491. The van der Waals surface area contributed by atoms with Gasteiger partial charge in [0.2, 0.25) is 0 Å². The van der Waals surface area contributed by atoms with Crippen molar-refractivity contribution in [1.82, 2.24) is 0 Å². The van der Waals surface area contributed by atoms with Crippen LogP contribution >= 0.6 is 0 Å². The monoisotopic (exact) mass is 262 g/mol. The van der Waals surface area contributed by atoms with E-state index in [-0.39, 0.29) is 17.8 Å². The molecule has 0 unspecified atom stereocenters. The molecule has 0 fully saturated rings. The number of carbonyl (C=O) groups is 1. The van der Waals surface area contributed by atoms with Crippen LogP contribution in [-0.4, -0.2) is 12.9 Å². The molecule has 0 N–H and O–H groups in total. The van der Waals surface area contributed by atoms with Crippen LogP contribution in [0.4, 0.5) is 8.78 Å². The first-order chi connectivity index (χ1) is 9.11. The lowest BCUT2D eigenvalue weighted by Crippen LogP contribution is -2.06. The summed E-state index contributed by atoms with van der Waals surface area (Å²) >= 11 is 0. The van der Waals surface area contributed by atoms with Gasteiger partial charge in [-0.05, 0) is 35.9 Å². The van der Waals surface area contributed by atoms with Gasteiger partial charge in [0.25, 0.3) is 0 Å². The second kappa shape index (κ2) is 5.61. The third kappa shape index (κ3) is 2.96. The van der Waals surface area contributed by atoms with E-state index in [2.05, 4.69) is 0 Å². The van der Waals surface area contributed by atoms with Gasteiger partial charge in [-0.3, -0.25) is 4.79 Å². The smallest absolute Gasteiger partial charge is 0.167 e. The largest absolute Gasteiger partial charge is 0.497 e. The fraction of sp³-hybridized carbons (Fsp3) is 0.133. The van der Waals surface area contributed by atoms with Crippen LogP contribution in [0.25, 0.3) is 0 Å². The highest BCUT2D eigenvalue weighted by molar-refractivity contribution is 5.97. The fourth-order valence-electron chi connectivity index (χ4n) is 1.74. The maximum Gasteiger partial charge on any atom is 0.167 e. The zero-order chi connectivity index (χ0) is 13.8. The number of hydrogen-bond acceptors (Lipinski definition) is 2. The van der Waals surface area contributed by atoms with E-state index in [4.69, 9.17) is 4.74 Å². The van der Waals surface area contributed by atoms with Gasteiger partial charge in [0.05, 0.1) is 7.11 Å². The minimum absolute atomic E-state index is 0.0563. The van der Waals surface area contributed by atoms with Crippen LogP contribution in [0.3, 0.4) is 0 Å². The number of benzene rings is 2. The van der Waals surface area contributed by atoms with Crippen molar-refractivity contribution in [2.75, 3.05) is 7.11 Å². The maximum absolute atomic E-state index is 13.4. The summed E-state index contributed by atoms with van der Waals surface area (Å²) in [6.45, 7) is 0. The molecule has 2 aromatic carbocycles.